The molecule has 1 N–H and O–H groups in total. The van der Waals surface area contributed by atoms with Crippen molar-refractivity contribution >= 4 is 5.91 Å². The fourth-order valence-electron chi connectivity index (χ4n) is 3.31. The van der Waals surface area contributed by atoms with Crippen LogP contribution in [0.2, 0.25) is 0 Å². The number of carbonyl (C=O) groups excluding carboxylic acids is 1. The van der Waals surface area contributed by atoms with Crippen molar-refractivity contribution in [2.24, 2.45) is 0 Å². The Morgan fingerprint density at radius 2 is 2.09 bits per heavy atom. The van der Waals surface area contributed by atoms with E-state index in [0.29, 0.717) is 18.8 Å². The number of likely N-dealkylation sites (tertiary alicyclic amines) is 1. The predicted octanol–water partition coefficient (Wildman–Crippen LogP) is 0.0151. The maximum Gasteiger partial charge on any atom is 0.345 e. The number of aromatic nitrogens is 2. The molecule has 2 fully saturated rings. The molecule has 0 aromatic carbocycles. The van der Waals surface area contributed by atoms with E-state index in [0.717, 1.165) is 32.5 Å². The Kier molecular flexibility index (Phi) is 4.01. The molecule has 1 aromatic rings. The quantitative estimate of drug-likeness (QED) is 0.791. The number of carbonyl (C=O) groups is 1. The first-order valence-corrected chi connectivity index (χ1v) is 7.67. The van der Waals surface area contributed by atoms with E-state index < -0.39 is 5.69 Å². The first-order valence-electron chi connectivity index (χ1n) is 7.67. The Labute approximate surface area is 129 Å². The van der Waals surface area contributed by atoms with Crippen molar-refractivity contribution in [1.82, 2.24) is 19.8 Å². The van der Waals surface area contributed by atoms with Gasteiger partial charge in [0, 0.05) is 31.9 Å². The molecule has 22 heavy (non-hydrogen) atoms. The maximum absolute atomic E-state index is 12.5. The van der Waals surface area contributed by atoms with Crippen LogP contribution in [0.15, 0.2) is 10.9 Å². The van der Waals surface area contributed by atoms with E-state index in [1.165, 1.54) is 0 Å². The van der Waals surface area contributed by atoms with Gasteiger partial charge in [0.05, 0.1) is 12.2 Å². The third kappa shape index (κ3) is 3.05. The van der Waals surface area contributed by atoms with Gasteiger partial charge in [0.1, 0.15) is 5.69 Å². The molecular formula is C15H22N4O3. The van der Waals surface area contributed by atoms with E-state index in [2.05, 4.69) is 21.9 Å². The highest BCUT2D eigenvalue weighted by Gasteiger charge is 2.40. The molecule has 0 atom stereocenters. The third-order valence-corrected chi connectivity index (χ3v) is 4.50. The molecule has 2 aliphatic heterocycles. The van der Waals surface area contributed by atoms with Crippen molar-refractivity contribution in [1.29, 1.82) is 0 Å². The molecule has 0 unspecified atom stereocenters. The van der Waals surface area contributed by atoms with Gasteiger partial charge < -0.3 is 19.5 Å². The largest absolute Gasteiger partial charge is 0.372 e. The first-order chi connectivity index (χ1) is 10.5. The number of morpholine rings is 1. The second kappa shape index (κ2) is 5.81. The van der Waals surface area contributed by atoms with Gasteiger partial charge in [-0.2, -0.15) is 4.98 Å². The second-order valence-electron chi connectivity index (χ2n) is 6.32. The monoisotopic (exact) mass is 306 g/mol. The molecule has 1 spiro atoms. The fraction of sp³-hybridized carbons (Fsp3) is 0.667. The molecule has 0 radical (unpaired) electrons. The number of amides is 1. The predicted molar refractivity (Wildman–Crippen MR) is 80.9 cm³/mol. The lowest BCUT2D eigenvalue weighted by Gasteiger charge is -2.46. The number of ether oxygens (including phenoxy) is 1. The molecule has 1 amide bonds. The number of nitrogens with one attached hydrogen (secondary N) is 1. The van der Waals surface area contributed by atoms with Crippen molar-refractivity contribution in [2.45, 2.75) is 25.4 Å². The van der Waals surface area contributed by atoms with E-state index in [1.807, 2.05) is 0 Å². The SMILES string of the molecule is Cc1cc(C(=O)N2CCC3(CC2)CN(C)CCO3)nc(=O)[nH]1. The number of piperidine rings is 1. The average molecular weight is 306 g/mol. The molecule has 0 bridgehead atoms. The van der Waals surface area contributed by atoms with Crippen LogP contribution in [0.25, 0.3) is 0 Å². The molecule has 7 nitrogen and oxygen atoms in total. The van der Waals surface area contributed by atoms with Crippen LogP contribution in [-0.2, 0) is 4.74 Å². The Hall–Kier alpha value is -1.73. The number of likely N-dealkylation sites (N-methyl/N-ethyl adjacent to an activating group) is 1. The highest BCUT2D eigenvalue weighted by Crippen LogP contribution is 2.30. The normalized spacial score (nSPS) is 22.0. The van der Waals surface area contributed by atoms with E-state index in [-0.39, 0.29) is 17.2 Å². The number of aromatic amines is 1. The summed E-state index contributed by atoms with van der Waals surface area (Å²) in [6.45, 7) is 5.65. The van der Waals surface area contributed by atoms with Crippen LogP contribution in [0.5, 0.6) is 0 Å². The molecule has 0 aliphatic carbocycles. The summed E-state index contributed by atoms with van der Waals surface area (Å²) >= 11 is 0. The smallest absolute Gasteiger partial charge is 0.345 e. The van der Waals surface area contributed by atoms with Gasteiger partial charge >= 0.3 is 5.69 Å². The minimum atomic E-state index is -0.478. The zero-order chi connectivity index (χ0) is 15.7. The zero-order valence-corrected chi connectivity index (χ0v) is 13.1. The molecule has 1 aromatic heterocycles. The van der Waals surface area contributed by atoms with Gasteiger partial charge in [0.2, 0.25) is 0 Å². The van der Waals surface area contributed by atoms with Crippen LogP contribution in [0, 0.1) is 6.92 Å². The molecule has 120 valence electrons. The van der Waals surface area contributed by atoms with Gasteiger partial charge in [-0.1, -0.05) is 0 Å². The molecule has 3 heterocycles. The number of aryl methyl sites for hydroxylation is 1. The van der Waals surface area contributed by atoms with E-state index in [4.69, 9.17) is 4.74 Å². The van der Waals surface area contributed by atoms with Crippen LogP contribution in [0.3, 0.4) is 0 Å². The van der Waals surface area contributed by atoms with Crippen LogP contribution >= 0.6 is 0 Å². The minimum Gasteiger partial charge on any atom is -0.372 e. The van der Waals surface area contributed by atoms with Crippen LogP contribution in [0.4, 0.5) is 0 Å². The fourth-order valence-corrected chi connectivity index (χ4v) is 3.31. The van der Waals surface area contributed by atoms with Gasteiger partial charge in [-0.3, -0.25) is 4.79 Å². The van der Waals surface area contributed by atoms with Crippen molar-refractivity contribution in [3.8, 4) is 0 Å². The van der Waals surface area contributed by atoms with Gasteiger partial charge in [-0.25, -0.2) is 4.79 Å². The maximum atomic E-state index is 12.5. The number of hydrogen-bond acceptors (Lipinski definition) is 5. The summed E-state index contributed by atoms with van der Waals surface area (Å²) < 4.78 is 6.00. The number of H-pyrrole nitrogens is 1. The van der Waals surface area contributed by atoms with Crippen molar-refractivity contribution < 1.29 is 9.53 Å². The Morgan fingerprint density at radius 3 is 2.73 bits per heavy atom. The molecular weight excluding hydrogens is 284 g/mol. The zero-order valence-electron chi connectivity index (χ0n) is 13.1. The Morgan fingerprint density at radius 1 is 1.36 bits per heavy atom. The Bertz CT molecular complexity index is 619. The standard InChI is InChI=1S/C15H22N4O3/c1-11-9-12(17-14(21)16-11)13(20)19-5-3-15(4-6-19)10-18(2)7-8-22-15/h9H,3-8,10H2,1-2H3,(H,16,17,21). The molecule has 7 heteroatoms. The molecule has 2 saturated heterocycles. The summed E-state index contributed by atoms with van der Waals surface area (Å²) in [5.41, 5.74) is 0.267. The molecule has 3 rings (SSSR count). The van der Waals surface area contributed by atoms with E-state index in [9.17, 15) is 9.59 Å². The summed E-state index contributed by atoms with van der Waals surface area (Å²) in [7, 11) is 2.10. The third-order valence-electron chi connectivity index (χ3n) is 4.50. The van der Waals surface area contributed by atoms with Crippen LogP contribution < -0.4 is 5.69 Å². The van der Waals surface area contributed by atoms with Crippen LogP contribution in [-0.4, -0.2) is 71.1 Å². The van der Waals surface area contributed by atoms with Crippen LogP contribution in [0.1, 0.15) is 29.0 Å². The number of nitrogens with zero attached hydrogens (tertiary/aromatic N) is 3. The number of hydrogen-bond donors (Lipinski definition) is 1. The van der Waals surface area contributed by atoms with Crippen molar-refractivity contribution in [2.75, 3.05) is 39.8 Å². The summed E-state index contributed by atoms with van der Waals surface area (Å²) in [6, 6.07) is 1.62. The van der Waals surface area contributed by atoms with Gasteiger partial charge in [-0.05, 0) is 32.9 Å². The average Bonchev–Trinajstić information content (AvgIpc) is 2.46. The molecule has 2 aliphatic rings. The summed E-state index contributed by atoms with van der Waals surface area (Å²) in [4.78, 5) is 34.3. The summed E-state index contributed by atoms with van der Waals surface area (Å²) in [5.74, 6) is -0.173. The van der Waals surface area contributed by atoms with Gasteiger partial charge in [0.15, 0.2) is 0 Å². The van der Waals surface area contributed by atoms with E-state index >= 15 is 0 Å². The lowest BCUT2D eigenvalue weighted by atomic mass is 9.89. The summed E-state index contributed by atoms with van der Waals surface area (Å²) in [6.07, 6.45) is 1.65. The minimum absolute atomic E-state index is 0.124. The lowest BCUT2D eigenvalue weighted by Crippen LogP contribution is -2.56. The van der Waals surface area contributed by atoms with Crippen molar-refractivity contribution in [3.63, 3.8) is 0 Å². The Balaban J connectivity index is 1.68. The highest BCUT2D eigenvalue weighted by molar-refractivity contribution is 5.92. The topological polar surface area (TPSA) is 78.5 Å². The van der Waals surface area contributed by atoms with E-state index in [1.54, 1.807) is 17.9 Å². The second-order valence-corrected chi connectivity index (χ2v) is 6.32. The van der Waals surface area contributed by atoms with Gasteiger partial charge in [-0.15, -0.1) is 0 Å². The first kappa shape index (κ1) is 15.2. The van der Waals surface area contributed by atoms with Gasteiger partial charge in [0.25, 0.3) is 5.91 Å². The summed E-state index contributed by atoms with van der Waals surface area (Å²) in [5, 5.41) is 0. The highest BCUT2D eigenvalue weighted by atomic mass is 16.5. The molecule has 0 saturated carbocycles. The number of rotatable bonds is 1. The van der Waals surface area contributed by atoms with Crippen molar-refractivity contribution in [3.05, 3.63) is 27.9 Å². The lowest BCUT2D eigenvalue weighted by molar-refractivity contribution is -0.127.